The second kappa shape index (κ2) is 20.4. The normalized spacial score (nSPS) is 14.9. The van der Waals surface area contributed by atoms with Crippen molar-refractivity contribution in [1.29, 1.82) is 0 Å². The number of carbonyl (C=O) groups excluding carboxylic acids is 1. The molecule has 1 aliphatic heterocycles. The number of rotatable bonds is 23. The molecule has 0 aliphatic carbocycles. The van der Waals surface area contributed by atoms with E-state index in [2.05, 4.69) is 32.4 Å². The molecule has 0 bridgehead atoms. The minimum atomic E-state index is 0.0310. The van der Waals surface area contributed by atoms with Crippen LogP contribution in [0, 0.1) is 0 Å². The largest absolute Gasteiger partial charge is 0.492 e. The molecule has 0 aromatic heterocycles. The Bertz CT molecular complexity index is 494. The zero-order chi connectivity index (χ0) is 24.2. The number of carbonyl (C=O) groups is 1. The predicted molar refractivity (Wildman–Crippen MR) is 143 cm³/mol. The van der Waals surface area contributed by atoms with Gasteiger partial charge in [-0.15, -0.1) is 0 Å². The van der Waals surface area contributed by atoms with E-state index in [-0.39, 0.29) is 12.0 Å². The van der Waals surface area contributed by atoms with E-state index in [4.69, 9.17) is 4.74 Å². The van der Waals surface area contributed by atoms with Crippen LogP contribution in [-0.4, -0.2) is 55.0 Å². The molecule has 4 heteroatoms. The molecule has 1 heterocycles. The summed E-state index contributed by atoms with van der Waals surface area (Å²) in [4.78, 5) is 16.5. The highest BCUT2D eigenvalue weighted by Crippen LogP contribution is 2.17. The van der Waals surface area contributed by atoms with Crippen molar-refractivity contribution in [3.05, 3.63) is 12.3 Å². The van der Waals surface area contributed by atoms with Gasteiger partial charge in [0.25, 0.3) is 0 Å². The molecule has 0 aromatic rings. The summed E-state index contributed by atoms with van der Waals surface area (Å²) < 4.78 is 6.32. The standard InChI is InChI=1S/C29H56N2O2/c1-5-7-9-11-12-13-14-15-16-17-18-21-27(3)33-28(26-31-24-20-22-29(31)32)25-30(4)23-19-10-8-6-2/h28H,3,5-26H2,1-2,4H3. The highest BCUT2D eigenvalue weighted by molar-refractivity contribution is 5.78. The van der Waals surface area contributed by atoms with Gasteiger partial charge in [-0.3, -0.25) is 4.79 Å². The number of ether oxygens (including phenoxy) is 1. The fourth-order valence-electron chi connectivity index (χ4n) is 4.80. The van der Waals surface area contributed by atoms with Crippen molar-refractivity contribution in [3.63, 3.8) is 0 Å². The first-order chi connectivity index (χ1) is 16.1. The molecule has 1 amide bonds. The first-order valence-electron chi connectivity index (χ1n) is 14.4. The number of amides is 1. The lowest BCUT2D eigenvalue weighted by atomic mass is 10.1. The van der Waals surface area contributed by atoms with Crippen molar-refractivity contribution < 1.29 is 9.53 Å². The SMILES string of the molecule is C=C(CCCCCCCCCCCCC)OC(CN(C)CCCCCC)CN1CCCC1=O. The second-order valence-corrected chi connectivity index (χ2v) is 10.3. The van der Waals surface area contributed by atoms with Crippen LogP contribution in [0.4, 0.5) is 0 Å². The van der Waals surface area contributed by atoms with E-state index in [9.17, 15) is 4.79 Å². The van der Waals surface area contributed by atoms with Crippen LogP contribution in [0.3, 0.4) is 0 Å². The molecule has 1 rings (SSSR count). The van der Waals surface area contributed by atoms with E-state index < -0.39 is 0 Å². The lowest BCUT2D eigenvalue weighted by molar-refractivity contribution is -0.129. The van der Waals surface area contributed by atoms with Gasteiger partial charge < -0.3 is 14.5 Å². The summed E-state index contributed by atoms with van der Waals surface area (Å²) in [6, 6.07) is 0. The van der Waals surface area contributed by atoms with Crippen molar-refractivity contribution in [2.24, 2.45) is 0 Å². The molecule has 194 valence electrons. The maximum absolute atomic E-state index is 12.1. The molecule has 1 unspecified atom stereocenters. The maximum Gasteiger partial charge on any atom is 0.222 e. The van der Waals surface area contributed by atoms with Gasteiger partial charge >= 0.3 is 0 Å². The van der Waals surface area contributed by atoms with Crippen molar-refractivity contribution in [1.82, 2.24) is 9.80 Å². The smallest absolute Gasteiger partial charge is 0.222 e. The summed E-state index contributed by atoms with van der Waals surface area (Å²) in [5.41, 5.74) is 0. The van der Waals surface area contributed by atoms with E-state index in [1.807, 2.05) is 4.90 Å². The van der Waals surface area contributed by atoms with Crippen molar-refractivity contribution in [3.8, 4) is 0 Å². The van der Waals surface area contributed by atoms with Crippen LogP contribution in [0.15, 0.2) is 12.3 Å². The van der Waals surface area contributed by atoms with Gasteiger partial charge in [-0.1, -0.05) is 104 Å². The third-order valence-corrected chi connectivity index (χ3v) is 6.90. The van der Waals surface area contributed by atoms with Gasteiger partial charge in [0.05, 0.1) is 12.3 Å². The van der Waals surface area contributed by atoms with Crippen molar-refractivity contribution >= 4 is 5.91 Å². The molecule has 0 aromatic carbocycles. The first kappa shape index (κ1) is 30.0. The number of unbranched alkanes of at least 4 members (excludes halogenated alkanes) is 13. The minimum Gasteiger partial charge on any atom is -0.492 e. The van der Waals surface area contributed by atoms with Crippen LogP contribution < -0.4 is 0 Å². The lowest BCUT2D eigenvalue weighted by Crippen LogP contribution is -2.41. The van der Waals surface area contributed by atoms with E-state index >= 15 is 0 Å². The van der Waals surface area contributed by atoms with Crippen LogP contribution in [0.5, 0.6) is 0 Å². The summed E-state index contributed by atoms with van der Waals surface area (Å²) in [7, 11) is 2.18. The van der Waals surface area contributed by atoms with E-state index in [1.54, 1.807) is 0 Å². The van der Waals surface area contributed by atoms with Crippen LogP contribution in [0.1, 0.15) is 129 Å². The Hall–Kier alpha value is -1.03. The zero-order valence-corrected chi connectivity index (χ0v) is 22.6. The van der Waals surface area contributed by atoms with E-state index in [0.29, 0.717) is 13.0 Å². The van der Waals surface area contributed by atoms with Gasteiger partial charge in [-0.05, 0) is 32.9 Å². The molecule has 33 heavy (non-hydrogen) atoms. The van der Waals surface area contributed by atoms with Gasteiger partial charge in [0.15, 0.2) is 0 Å². The highest BCUT2D eigenvalue weighted by Gasteiger charge is 2.25. The molecule has 1 saturated heterocycles. The third kappa shape index (κ3) is 16.3. The topological polar surface area (TPSA) is 32.8 Å². The van der Waals surface area contributed by atoms with Crippen LogP contribution in [0.2, 0.25) is 0 Å². The molecule has 1 fully saturated rings. The summed E-state index contributed by atoms with van der Waals surface area (Å²) in [6.45, 7) is 12.3. The van der Waals surface area contributed by atoms with Crippen molar-refractivity contribution in [2.75, 3.05) is 33.2 Å². The molecule has 0 saturated carbocycles. The van der Waals surface area contributed by atoms with Gasteiger partial charge in [-0.2, -0.15) is 0 Å². The molecule has 1 atom stereocenters. The van der Waals surface area contributed by atoms with Crippen LogP contribution >= 0.6 is 0 Å². The molecular weight excluding hydrogens is 408 g/mol. The average Bonchev–Trinajstić information content (AvgIpc) is 3.19. The number of hydrogen-bond donors (Lipinski definition) is 0. The summed E-state index contributed by atoms with van der Waals surface area (Å²) >= 11 is 0. The predicted octanol–water partition coefficient (Wildman–Crippen LogP) is 7.72. The monoisotopic (exact) mass is 464 g/mol. The number of hydrogen-bond acceptors (Lipinski definition) is 3. The van der Waals surface area contributed by atoms with Gasteiger partial charge in [0.1, 0.15) is 6.10 Å². The molecule has 0 radical (unpaired) electrons. The molecule has 0 N–H and O–H groups in total. The second-order valence-electron chi connectivity index (χ2n) is 10.3. The number of allylic oxidation sites excluding steroid dienone is 1. The van der Waals surface area contributed by atoms with E-state index in [1.165, 1.54) is 89.9 Å². The Morgan fingerprint density at radius 3 is 2.00 bits per heavy atom. The summed E-state index contributed by atoms with van der Waals surface area (Å²) in [6.07, 6.45) is 22.7. The highest BCUT2D eigenvalue weighted by atomic mass is 16.5. The maximum atomic E-state index is 12.1. The number of likely N-dealkylation sites (tertiary alicyclic amines) is 1. The quantitative estimate of drug-likeness (QED) is 0.115. The van der Waals surface area contributed by atoms with Gasteiger partial charge in [0, 0.05) is 25.9 Å². The Morgan fingerprint density at radius 1 is 0.909 bits per heavy atom. The minimum absolute atomic E-state index is 0.0310. The summed E-state index contributed by atoms with van der Waals surface area (Å²) in [5.74, 6) is 1.19. The fraction of sp³-hybridized carbons (Fsp3) is 0.897. The average molecular weight is 465 g/mol. The fourth-order valence-corrected chi connectivity index (χ4v) is 4.80. The lowest BCUT2D eigenvalue weighted by Gasteiger charge is -2.29. The molecule has 0 spiro atoms. The Kier molecular flexibility index (Phi) is 18.5. The Morgan fingerprint density at radius 2 is 1.45 bits per heavy atom. The Labute approximate surface area is 206 Å². The number of nitrogens with zero attached hydrogens (tertiary/aromatic N) is 2. The Balaban J connectivity index is 2.23. The van der Waals surface area contributed by atoms with Crippen LogP contribution in [0.25, 0.3) is 0 Å². The van der Waals surface area contributed by atoms with Crippen LogP contribution in [-0.2, 0) is 9.53 Å². The van der Waals surface area contributed by atoms with Crippen molar-refractivity contribution in [2.45, 2.75) is 136 Å². The zero-order valence-electron chi connectivity index (χ0n) is 22.6. The van der Waals surface area contributed by atoms with E-state index in [0.717, 1.165) is 44.7 Å². The number of likely N-dealkylation sites (N-methyl/N-ethyl adjacent to an activating group) is 1. The molecular formula is C29H56N2O2. The van der Waals surface area contributed by atoms with Gasteiger partial charge in [-0.25, -0.2) is 0 Å². The van der Waals surface area contributed by atoms with Gasteiger partial charge in [0.2, 0.25) is 5.91 Å². The molecule has 4 nitrogen and oxygen atoms in total. The third-order valence-electron chi connectivity index (χ3n) is 6.90. The summed E-state index contributed by atoms with van der Waals surface area (Å²) in [5, 5.41) is 0. The first-order valence-corrected chi connectivity index (χ1v) is 14.4. The molecule has 1 aliphatic rings.